The number of carboxylic acids is 1. The molecule has 0 aromatic carbocycles. The zero-order valence-corrected chi connectivity index (χ0v) is 11.0. The molecule has 0 saturated carbocycles. The third kappa shape index (κ3) is 2.78. The first-order valence-electron chi connectivity index (χ1n) is 6.26. The van der Waals surface area contributed by atoms with Crippen LogP contribution < -0.4 is 0 Å². The van der Waals surface area contributed by atoms with E-state index in [9.17, 15) is 9.59 Å². The van der Waals surface area contributed by atoms with Crippen LogP contribution in [0.3, 0.4) is 0 Å². The van der Waals surface area contributed by atoms with Gasteiger partial charge in [0.25, 0.3) is 5.91 Å². The second-order valence-electron chi connectivity index (χ2n) is 4.65. The van der Waals surface area contributed by atoms with Crippen LogP contribution >= 0.6 is 0 Å². The summed E-state index contributed by atoms with van der Waals surface area (Å²) in [5.74, 6) is -1.65. The van der Waals surface area contributed by atoms with Gasteiger partial charge in [0.05, 0.1) is 30.9 Å². The highest BCUT2D eigenvalue weighted by Gasteiger charge is 2.32. The van der Waals surface area contributed by atoms with E-state index in [1.54, 1.807) is 6.92 Å². The molecule has 1 aromatic heterocycles. The van der Waals surface area contributed by atoms with Gasteiger partial charge in [0, 0.05) is 12.7 Å². The summed E-state index contributed by atoms with van der Waals surface area (Å²) in [6, 6.07) is 2.62. The van der Waals surface area contributed by atoms with Crippen molar-refractivity contribution in [1.82, 2.24) is 9.88 Å². The summed E-state index contributed by atoms with van der Waals surface area (Å²) in [6.07, 6.45) is 0.932. The number of nitrogens with zero attached hydrogens (tertiary/aromatic N) is 2. The fraction of sp³-hybridized carbons (Fsp3) is 0.462. The molecule has 0 spiro atoms. The first-order valence-corrected chi connectivity index (χ1v) is 6.26. The molecule has 108 valence electrons. The molecule has 1 aliphatic rings. The zero-order chi connectivity index (χ0) is 14.7. The lowest BCUT2D eigenvalue weighted by Gasteiger charge is -2.37. The Morgan fingerprint density at radius 3 is 2.95 bits per heavy atom. The van der Waals surface area contributed by atoms with Crippen molar-refractivity contribution < 1.29 is 24.5 Å². The van der Waals surface area contributed by atoms with Gasteiger partial charge in [0.1, 0.15) is 5.69 Å². The fourth-order valence-corrected chi connectivity index (χ4v) is 2.10. The van der Waals surface area contributed by atoms with Gasteiger partial charge in [0.15, 0.2) is 0 Å². The Morgan fingerprint density at radius 2 is 2.30 bits per heavy atom. The van der Waals surface area contributed by atoms with Crippen molar-refractivity contribution in [3.63, 3.8) is 0 Å². The van der Waals surface area contributed by atoms with Crippen molar-refractivity contribution >= 4 is 11.9 Å². The van der Waals surface area contributed by atoms with Gasteiger partial charge in [-0.05, 0) is 19.1 Å². The Hall–Kier alpha value is -1.99. The lowest BCUT2D eigenvalue weighted by atomic mass is 10.1. The molecule has 2 heterocycles. The van der Waals surface area contributed by atoms with E-state index >= 15 is 0 Å². The SMILES string of the molecule is CC1COC(CO)CN1C(=O)c1ncccc1C(=O)O. The van der Waals surface area contributed by atoms with Crippen molar-refractivity contribution in [2.75, 3.05) is 19.8 Å². The predicted octanol–water partition coefficient (Wildman–Crippen LogP) is 0.00160. The smallest absolute Gasteiger partial charge is 0.338 e. The lowest BCUT2D eigenvalue weighted by molar-refractivity contribution is -0.0669. The maximum absolute atomic E-state index is 12.5. The number of amides is 1. The van der Waals surface area contributed by atoms with E-state index in [0.717, 1.165) is 0 Å². The Morgan fingerprint density at radius 1 is 1.55 bits per heavy atom. The van der Waals surface area contributed by atoms with E-state index < -0.39 is 18.0 Å². The minimum Gasteiger partial charge on any atom is -0.478 e. The molecule has 2 rings (SSSR count). The van der Waals surface area contributed by atoms with Crippen LogP contribution in [0.25, 0.3) is 0 Å². The molecule has 20 heavy (non-hydrogen) atoms. The highest BCUT2D eigenvalue weighted by molar-refractivity contribution is 6.03. The number of hydrogen-bond acceptors (Lipinski definition) is 5. The van der Waals surface area contributed by atoms with E-state index in [2.05, 4.69) is 4.98 Å². The summed E-state index contributed by atoms with van der Waals surface area (Å²) in [6.45, 7) is 2.12. The number of carbonyl (C=O) groups is 2. The molecule has 1 amide bonds. The number of aromatic carboxylic acids is 1. The normalized spacial score (nSPS) is 22.6. The monoisotopic (exact) mass is 280 g/mol. The van der Waals surface area contributed by atoms with Gasteiger partial charge in [-0.15, -0.1) is 0 Å². The van der Waals surface area contributed by atoms with Gasteiger partial charge in [-0.2, -0.15) is 0 Å². The molecule has 7 heteroatoms. The van der Waals surface area contributed by atoms with E-state index in [0.29, 0.717) is 6.61 Å². The van der Waals surface area contributed by atoms with Crippen molar-refractivity contribution in [3.8, 4) is 0 Å². The number of hydrogen-bond donors (Lipinski definition) is 2. The number of carbonyl (C=O) groups excluding carboxylic acids is 1. The van der Waals surface area contributed by atoms with E-state index in [1.165, 1.54) is 23.2 Å². The Balaban J connectivity index is 2.28. The predicted molar refractivity (Wildman–Crippen MR) is 68.5 cm³/mol. The van der Waals surface area contributed by atoms with Crippen LogP contribution in [0.15, 0.2) is 18.3 Å². The number of aliphatic hydroxyl groups excluding tert-OH is 1. The van der Waals surface area contributed by atoms with Gasteiger partial charge in [0.2, 0.25) is 0 Å². The Labute approximate surface area is 115 Å². The summed E-state index contributed by atoms with van der Waals surface area (Å²) < 4.78 is 5.35. The molecule has 1 aliphatic heterocycles. The second kappa shape index (κ2) is 5.98. The molecule has 2 atom stereocenters. The number of carboxylic acid groups (broad SMARTS) is 1. The molecule has 0 aliphatic carbocycles. The highest BCUT2D eigenvalue weighted by atomic mass is 16.5. The standard InChI is InChI=1S/C13H16N2O5/c1-8-7-20-9(6-16)5-15(8)12(17)11-10(13(18)19)3-2-4-14-11/h2-4,8-9,16H,5-7H2,1H3,(H,18,19). The maximum atomic E-state index is 12.5. The van der Waals surface area contributed by atoms with Crippen LogP contribution in [0.1, 0.15) is 27.8 Å². The van der Waals surface area contributed by atoms with Gasteiger partial charge in [-0.25, -0.2) is 4.79 Å². The molecular formula is C13H16N2O5. The van der Waals surface area contributed by atoms with Crippen molar-refractivity contribution in [2.24, 2.45) is 0 Å². The zero-order valence-electron chi connectivity index (χ0n) is 11.0. The average molecular weight is 280 g/mol. The van der Waals surface area contributed by atoms with Crippen LogP contribution in [0.5, 0.6) is 0 Å². The number of ether oxygens (including phenoxy) is 1. The number of pyridine rings is 1. The Kier molecular flexibility index (Phi) is 4.31. The van der Waals surface area contributed by atoms with Gasteiger partial charge in [-0.3, -0.25) is 9.78 Å². The topological polar surface area (TPSA) is 100.0 Å². The van der Waals surface area contributed by atoms with Crippen LogP contribution in [-0.2, 0) is 4.74 Å². The molecule has 0 bridgehead atoms. The van der Waals surface area contributed by atoms with Crippen molar-refractivity contribution in [2.45, 2.75) is 19.1 Å². The van der Waals surface area contributed by atoms with Gasteiger partial charge < -0.3 is 19.8 Å². The number of aromatic nitrogens is 1. The summed E-state index contributed by atoms with van der Waals surface area (Å²) in [7, 11) is 0. The summed E-state index contributed by atoms with van der Waals surface area (Å²) >= 11 is 0. The summed E-state index contributed by atoms with van der Waals surface area (Å²) in [5.41, 5.74) is -0.220. The largest absolute Gasteiger partial charge is 0.478 e. The van der Waals surface area contributed by atoms with Crippen LogP contribution in [-0.4, -0.2) is 63.9 Å². The number of rotatable bonds is 3. The molecule has 7 nitrogen and oxygen atoms in total. The minimum absolute atomic E-state index is 0.0922. The summed E-state index contributed by atoms with van der Waals surface area (Å²) in [5, 5.41) is 18.2. The number of aliphatic hydroxyl groups is 1. The first-order chi connectivity index (χ1) is 9.54. The molecule has 1 saturated heterocycles. The van der Waals surface area contributed by atoms with E-state index in [-0.39, 0.29) is 30.5 Å². The minimum atomic E-state index is -1.19. The summed E-state index contributed by atoms with van der Waals surface area (Å²) in [4.78, 5) is 29.0. The Bertz CT molecular complexity index is 519. The fourth-order valence-electron chi connectivity index (χ4n) is 2.10. The van der Waals surface area contributed by atoms with Crippen molar-refractivity contribution in [1.29, 1.82) is 0 Å². The quantitative estimate of drug-likeness (QED) is 0.808. The molecule has 0 radical (unpaired) electrons. The van der Waals surface area contributed by atoms with Crippen LogP contribution in [0.4, 0.5) is 0 Å². The molecule has 2 N–H and O–H groups in total. The molecular weight excluding hydrogens is 264 g/mol. The lowest BCUT2D eigenvalue weighted by Crippen LogP contribution is -2.52. The van der Waals surface area contributed by atoms with Gasteiger partial charge >= 0.3 is 5.97 Å². The third-order valence-corrected chi connectivity index (χ3v) is 3.21. The average Bonchev–Trinajstić information content (AvgIpc) is 2.47. The van der Waals surface area contributed by atoms with Crippen LogP contribution in [0.2, 0.25) is 0 Å². The third-order valence-electron chi connectivity index (χ3n) is 3.21. The molecule has 1 fully saturated rings. The first kappa shape index (κ1) is 14.4. The van der Waals surface area contributed by atoms with E-state index in [1.807, 2.05) is 0 Å². The second-order valence-corrected chi connectivity index (χ2v) is 4.65. The van der Waals surface area contributed by atoms with Crippen LogP contribution in [0, 0.1) is 0 Å². The van der Waals surface area contributed by atoms with Crippen molar-refractivity contribution in [3.05, 3.63) is 29.6 Å². The van der Waals surface area contributed by atoms with Gasteiger partial charge in [-0.1, -0.05) is 0 Å². The highest BCUT2D eigenvalue weighted by Crippen LogP contribution is 2.16. The maximum Gasteiger partial charge on any atom is 0.338 e. The molecule has 1 aromatic rings. The molecule has 2 unspecified atom stereocenters. The number of morpholine rings is 1. The van der Waals surface area contributed by atoms with E-state index in [4.69, 9.17) is 14.9 Å².